The molecule has 6 nitrogen and oxygen atoms in total. The summed E-state index contributed by atoms with van der Waals surface area (Å²) >= 11 is 0. The lowest BCUT2D eigenvalue weighted by molar-refractivity contribution is -0.144. The molecule has 0 radical (unpaired) electrons. The van der Waals surface area contributed by atoms with Gasteiger partial charge in [0.1, 0.15) is 5.60 Å². The van der Waals surface area contributed by atoms with Gasteiger partial charge in [0.15, 0.2) is 11.5 Å². The van der Waals surface area contributed by atoms with Crippen LogP contribution < -0.4 is 15.2 Å². The molecular weight excluding hydrogens is 332 g/mol. The second-order valence-electron chi connectivity index (χ2n) is 7.29. The zero-order valence-electron chi connectivity index (χ0n) is 15.4. The Labute approximate surface area is 154 Å². The van der Waals surface area contributed by atoms with Crippen molar-refractivity contribution in [3.8, 4) is 17.6 Å². The second-order valence-corrected chi connectivity index (χ2v) is 7.29. The Morgan fingerprint density at radius 2 is 1.92 bits per heavy atom. The highest BCUT2D eigenvalue weighted by molar-refractivity contribution is 5.83. The number of hydrogen-bond donors (Lipinski definition) is 1. The van der Waals surface area contributed by atoms with E-state index in [4.69, 9.17) is 19.9 Å². The molecule has 2 N–H and O–H groups in total. The number of amides is 1. The van der Waals surface area contributed by atoms with E-state index in [0.717, 1.165) is 18.4 Å². The van der Waals surface area contributed by atoms with Gasteiger partial charge in [0.2, 0.25) is 5.91 Å². The van der Waals surface area contributed by atoms with Gasteiger partial charge in [-0.25, -0.2) is 0 Å². The first-order valence-electron chi connectivity index (χ1n) is 9.13. The van der Waals surface area contributed by atoms with Gasteiger partial charge in [-0.3, -0.25) is 4.79 Å². The summed E-state index contributed by atoms with van der Waals surface area (Å²) in [5, 5.41) is 9.58. The Kier molecular flexibility index (Phi) is 5.38. The molecule has 2 aliphatic rings. The van der Waals surface area contributed by atoms with Crippen molar-refractivity contribution in [1.82, 2.24) is 0 Å². The molecular formula is C20H26N2O4. The monoisotopic (exact) mass is 358 g/mol. The Balaban J connectivity index is 1.83. The van der Waals surface area contributed by atoms with Crippen molar-refractivity contribution in [1.29, 1.82) is 5.26 Å². The average molecular weight is 358 g/mol. The molecule has 1 aromatic rings. The molecule has 1 amide bonds. The van der Waals surface area contributed by atoms with Crippen LogP contribution in [0.15, 0.2) is 12.1 Å². The van der Waals surface area contributed by atoms with E-state index in [9.17, 15) is 10.1 Å². The van der Waals surface area contributed by atoms with Crippen molar-refractivity contribution in [2.75, 3.05) is 20.8 Å². The van der Waals surface area contributed by atoms with E-state index < -0.39 is 11.5 Å². The highest BCUT2D eigenvalue weighted by Gasteiger charge is 2.41. The number of nitriles is 1. The number of methoxy groups -OCH3 is 2. The molecule has 2 fully saturated rings. The number of primary amides is 1. The quantitative estimate of drug-likeness (QED) is 0.809. The third-order valence-electron chi connectivity index (χ3n) is 5.70. The summed E-state index contributed by atoms with van der Waals surface area (Å²) in [6.07, 6.45) is 5.00. The SMILES string of the molecule is COc1cc(C#N)c(C2CCC(OC)(C(N)=O)CC2)cc1OCC1CC1. The maximum Gasteiger partial charge on any atom is 0.249 e. The summed E-state index contributed by atoms with van der Waals surface area (Å²) in [5.74, 6) is 1.66. The third-order valence-corrected chi connectivity index (χ3v) is 5.70. The van der Waals surface area contributed by atoms with Crippen LogP contribution in [0.3, 0.4) is 0 Å². The summed E-state index contributed by atoms with van der Waals surface area (Å²) < 4.78 is 16.8. The first-order chi connectivity index (χ1) is 12.5. The fraction of sp³-hybridized carbons (Fsp3) is 0.600. The van der Waals surface area contributed by atoms with Crippen molar-refractivity contribution in [3.63, 3.8) is 0 Å². The molecule has 2 aliphatic carbocycles. The number of rotatable bonds is 7. The molecule has 0 bridgehead atoms. The molecule has 6 heteroatoms. The first-order valence-corrected chi connectivity index (χ1v) is 9.13. The molecule has 0 aliphatic heterocycles. The molecule has 0 spiro atoms. The number of ether oxygens (including phenoxy) is 3. The van der Waals surface area contributed by atoms with Crippen LogP contribution in [-0.2, 0) is 9.53 Å². The number of benzene rings is 1. The van der Waals surface area contributed by atoms with Gasteiger partial charge in [0.25, 0.3) is 0 Å². The first kappa shape index (κ1) is 18.5. The fourth-order valence-electron chi connectivity index (χ4n) is 3.72. The van der Waals surface area contributed by atoms with Crippen molar-refractivity contribution in [3.05, 3.63) is 23.3 Å². The zero-order chi connectivity index (χ0) is 18.7. The largest absolute Gasteiger partial charge is 0.493 e. The molecule has 2 saturated carbocycles. The Morgan fingerprint density at radius 1 is 1.23 bits per heavy atom. The van der Waals surface area contributed by atoms with Crippen LogP contribution in [0.5, 0.6) is 11.5 Å². The normalized spacial score (nSPS) is 25.3. The van der Waals surface area contributed by atoms with Gasteiger partial charge < -0.3 is 19.9 Å². The van der Waals surface area contributed by atoms with Crippen LogP contribution in [0.25, 0.3) is 0 Å². The highest BCUT2D eigenvalue weighted by Crippen LogP contribution is 2.43. The second kappa shape index (κ2) is 7.55. The molecule has 3 rings (SSSR count). The predicted molar refractivity (Wildman–Crippen MR) is 96.1 cm³/mol. The highest BCUT2D eigenvalue weighted by atomic mass is 16.5. The number of hydrogen-bond acceptors (Lipinski definition) is 5. The fourth-order valence-corrected chi connectivity index (χ4v) is 3.72. The van der Waals surface area contributed by atoms with Gasteiger partial charge in [-0.05, 0) is 62.0 Å². The number of carbonyl (C=O) groups is 1. The van der Waals surface area contributed by atoms with Crippen molar-refractivity contribution >= 4 is 5.91 Å². The average Bonchev–Trinajstić information content (AvgIpc) is 3.50. The number of nitrogens with zero attached hydrogens (tertiary/aromatic N) is 1. The van der Waals surface area contributed by atoms with E-state index in [2.05, 4.69) is 6.07 Å². The van der Waals surface area contributed by atoms with E-state index in [-0.39, 0.29) is 5.92 Å². The maximum atomic E-state index is 11.8. The summed E-state index contributed by atoms with van der Waals surface area (Å²) in [6.45, 7) is 0.681. The van der Waals surface area contributed by atoms with E-state index in [1.54, 1.807) is 13.2 Å². The summed E-state index contributed by atoms with van der Waals surface area (Å²) in [6, 6.07) is 5.96. The van der Waals surface area contributed by atoms with Crippen LogP contribution in [-0.4, -0.2) is 32.3 Å². The minimum absolute atomic E-state index is 0.168. The predicted octanol–water partition coefficient (Wildman–Crippen LogP) is 2.88. The van der Waals surface area contributed by atoms with Crippen LogP contribution in [0, 0.1) is 17.2 Å². The van der Waals surface area contributed by atoms with Crippen molar-refractivity contribution in [2.45, 2.75) is 50.0 Å². The van der Waals surface area contributed by atoms with Crippen LogP contribution in [0.1, 0.15) is 55.6 Å². The lowest BCUT2D eigenvalue weighted by Crippen LogP contribution is -2.47. The van der Waals surface area contributed by atoms with Gasteiger partial charge in [-0.2, -0.15) is 5.26 Å². The summed E-state index contributed by atoms with van der Waals surface area (Å²) in [7, 11) is 3.11. The standard InChI is InChI=1S/C20H26N2O4/c1-24-17-9-15(11-21)16(10-18(17)26-12-13-3-4-13)14-5-7-20(25-2,8-6-14)19(22)23/h9-10,13-14H,3-8,12H2,1-2H3,(H2,22,23). The molecule has 0 unspecified atom stereocenters. The number of carbonyl (C=O) groups excluding carboxylic acids is 1. The van der Waals surface area contributed by atoms with Gasteiger partial charge in [-0.1, -0.05) is 0 Å². The van der Waals surface area contributed by atoms with Crippen LogP contribution >= 0.6 is 0 Å². The Hall–Kier alpha value is -2.26. The van der Waals surface area contributed by atoms with E-state index in [1.165, 1.54) is 20.0 Å². The Morgan fingerprint density at radius 3 is 2.42 bits per heavy atom. The minimum atomic E-state index is -0.888. The third kappa shape index (κ3) is 3.63. The van der Waals surface area contributed by atoms with E-state index >= 15 is 0 Å². The van der Waals surface area contributed by atoms with Crippen LogP contribution in [0.2, 0.25) is 0 Å². The van der Waals surface area contributed by atoms with Gasteiger partial charge in [-0.15, -0.1) is 0 Å². The molecule has 0 aromatic heterocycles. The van der Waals surface area contributed by atoms with Crippen molar-refractivity contribution < 1.29 is 19.0 Å². The molecule has 0 heterocycles. The van der Waals surface area contributed by atoms with Crippen LogP contribution in [0.4, 0.5) is 0 Å². The Bertz CT molecular complexity index is 713. The molecule has 26 heavy (non-hydrogen) atoms. The van der Waals surface area contributed by atoms with Gasteiger partial charge in [0, 0.05) is 13.2 Å². The summed E-state index contributed by atoms with van der Waals surface area (Å²) in [5.41, 5.74) is 6.19. The summed E-state index contributed by atoms with van der Waals surface area (Å²) in [4.78, 5) is 11.8. The molecule has 0 atom stereocenters. The van der Waals surface area contributed by atoms with E-state index in [1.807, 2.05) is 6.07 Å². The van der Waals surface area contributed by atoms with Crippen molar-refractivity contribution in [2.24, 2.45) is 11.7 Å². The molecule has 140 valence electrons. The lowest BCUT2D eigenvalue weighted by atomic mass is 9.74. The molecule has 1 aromatic carbocycles. The van der Waals surface area contributed by atoms with E-state index in [0.29, 0.717) is 42.4 Å². The molecule has 0 saturated heterocycles. The smallest absolute Gasteiger partial charge is 0.249 e. The maximum absolute atomic E-state index is 11.8. The lowest BCUT2D eigenvalue weighted by Gasteiger charge is -2.37. The van der Waals surface area contributed by atoms with Gasteiger partial charge in [0.05, 0.1) is 25.3 Å². The zero-order valence-corrected chi connectivity index (χ0v) is 15.4. The topological polar surface area (TPSA) is 94.6 Å². The minimum Gasteiger partial charge on any atom is -0.493 e. The number of nitrogens with two attached hydrogens (primary N) is 1. The van der Waals surface area contributed by atoms with Gasteiger partial charge >= 0.3 is 0 Å².